The predicted molar refractivity (Wildman–Crippen MR) is 124 cm³/mol. The summed E-state index contributed by atoms with van der Waals surface area (Å²) in [5, 5.41) is 0. The minimum atomic E-state index is 0.0958. The van der Waals surface area contributed by atoms with Crippen LogP contribution in [0.4, 0.5) is 0 Å². The van der Waals surface area contributed by atoms with Gasteiger partial charge in [0.25, 0.3) is 5.91 Å². The lowest BCUT2D eigenvalue weighted by Gasteiger charge is -2.26. The molecule has 0 spiro atoms. The average Bonchev–Trinajstić information content (AvgIpc) is 3.38. The molecule has 0 unspecified atom stereocenters. The number of fused-ring (bicyclic) bond motifs is 1. The van der Waals surface area contributed by atoms with Crippen LogP contribution in [0.25, 0.3) is 11.0 Å². The lowest BCUT2D eigenvalue weighted by molar-refractivity contribution is 0.0732. The fourth-order valence-electron chi connectivity index (χ4n) is 4.41. The van der Waals surface area contributed by atoms with Gasteiger partial charge in [-0.2, -0.15) is 0 Å². The van der Waals surface area contributed by atoms with E-state index in [0.29, 0.717) is 12.6 Å². The predicted octanol–water partition coefficient (Wildman–Crippen LogP) is 3.96. The van der Waals surface area contributed by atoms with Crippen molar-refractivity contribution in [2.24, 2.45) is 0 Å². The molecule has 31 heavy (non-hydrogen) atoms. The first kappa shape index (κ1) is 21.4. The van der Waals surface area contributed by atoms with Crippen LogP contribution in [0.2, 0.25) is 0 Å². The zero-order chi connectivity index (χ0) is 22.1. The van der Waals surface area contributed by atoms with E-state index in [1.54, 1.807) is 7.11 Å². The number of ether oxygens (including phenoxy) is 1. The molecule has 1 amide bonds. The Hall–Kier alpha value is -2.86. The van der Waals surface area contributed by atoms with Gasteiger partial charge in [0, 0.05) is 50.4 Å². The van der Waals surface area contributed by atoms with E-state index in [4.69, 9.17) is 4.74 Å². The quantitative estimate of drug-likeness (QED) is 0.606. The van der Waals surface area contributed by atoms with E-state index in [1.165, 1.54) is 0 Å². The Bertz CT molecular complexity index is 1070. The van der Waals surface area contributed by atoms with E-state index in [0.717, 1.165) is 53.2 Å². The van der Waals surface area contributed by atoms with Gasteiger partial charge in [-0.1, -0.05) is 12.1 Å². The van der Waals surface area contributed by atoms with Crippen LogP contribution in [0.1, 0.15) is 42.0 Å². The summed E-state index contributed by atoms with van der Waals surface area (Å²) in [7, 11) is 3.60. The number of methoxy groups -OCH3 is 1. The van der Waals surface area contributed by atoms with Crippen molar-refractivity contribution in [2.75, 3.05) is 27.2 Å². The number of aromatic nitrogens is 2. The van der Waals surface area contributed by atoms with Crippen molar-refractivity contribution in [3.8, 4) is 5.75 Å². The highest BCUT2D eigenvalue weighted by atomic mass is 16.5. The maximum Gasteiger partial charge on any atom is 0.253 e. The molecular weight excluding hydrogens is 388 g/mol. The first-order valence-electron chi connectivity index (χ1n) is 11.0. The van der Waals surface area contributed by atoms with Crippen LogP contribution in [0.3, 0.4) is 0 Å². The normalized spacial score (nSPS) is 16.9. The monoisotopic (exact) mass is 420 g/mol. The van der Waals surface area contributed by atoms with Crippen LogP contribution in [-0.4, -0.2) is 64.6 Å². The summed E-state index contributed by atoms with van der Waals surface area (Å²) in [6, 6.07) is 14.8. The fraction of sp³-hybridized carbons (Fsp3) is 0.440. The van der Waals surface area contributed by atoms with Crippen LogP contribution in [0.5, 0.6) is 5.75 Å². The molecule has 1 fully saturated rings. The second-order valence-corrected chi connectivity index (χ2v) is 8.74. The molecule has 164 valence electrons. The lowest BCUT2D eigenvalue weighted by Crippen LogP contribution is -2.40. The molecule has 6 nitrogen and oxygen atoms in total. The summed E-state index contributed by atoms with van der Waals surface area (Å²) in [6.07, 6.45) is 1.04. The van der Waals surface area contributed by atoms with E-state index >= 15 is 0 Å². The summed E-state index contributed by atoms with van der Waals surface area (Å²) < 4.78 is 7.50. The molecule has 1 aliphatic rings. The van der Waals surface area contributed by atoms with Gasteiger partial charge in [-0.05, 0) is 57.0 Å². The molecule has 0 radical (unpaired) electrons. The number of amides is 1. The number of hydrogen-bond donors (Lipinski definition) is 0. The highest BCUT2D eigenvalue weighted by Gasteiger charge is 2.29. The smallest absolute Gasteiger partial charge is 0.253 e. The molecule has 2 aromatic carbocycles. The third-order valence-corrected chi connectivity index (χ3v) is 6.48. The number of rotatable bonds is 6. The van der Waals surface area contributed by atoms with Gasteiger partial charge >= 0.3 is 0 Å². The Kier molecular flexibility index (Phi) is 6.01. The zero-order valence-corrected chi connectivity index (χ0v) is 19.1. The van der Waals surface area contributed by atoms with Crippen molar-refractivity contribution >= 4 is 16.9 Å². The highest BCUT2D eigenvalue weighted by molar-refractivity contribution is 5.94. The highest BCUT2D eigenvalue weighted by Crippen LogP contribution is 2.23. The molecule has 1 aliphatic heterocycles. The second kappa shape index (κ2) is 8.71. The molecule has 1 aromatic heterocycles. The van der Waals surface area contributed by atoms with Crippen LogP contribution in [0, 0.1) is 6.92 Å². The van der Waals surface area contributed by atoms with Crippen molar-refractivity contribution in [3.05, 3.63) is 59.4 Å². The molecule has 2 heterocycles. The Morgan fingerprint density at radius 3 is 2.61 bits per heavy atom. The number of nitrogens with zero attached hydrogens (tertiary/aromatic N) is 4. The molecule has 3 aromatic rings. The number of imidazole rings is 1. The largest absolute Gasteiger partial charge is 0.497 e. The Morgan fingerprint density at radius 1 is 1.23 bits per heavy atom. The second-order valence-electron chi connectivity index (χ2n) is 8.74. The van der Waals surface area contributed by atoms with Crippen LogP contribution in [-0.2, 0) is 6.54 Å². The number of hydrogen-bond acceptors (Lipinski definition) is 4. The first-order chi connectivity index (χ1) is 14.9. The van der Waals surface area contributed by atoms with E-state index in [-0.39, 0.29) is 11.9 Å². The van der Waals surface area contributed by atoms with Gasteiger partial charge in [-0.3, -0.25) is 9.69 Å². The van der Waals surface area contributed by atoms with Crippen LogP contribution >= 0.6 is 0 Å². The Balaban J connectivity index is 1.47. The van der Waals surface area contributed by atoms with Crippen molar-refractivity contribution in [3.63, 3.8) is 0 Å². The third kappa shape index (κ3) is 4.30. The number of carbonyl (C=O) groups excluding carboxylic acids is 1. The van der Waals surface area contributed by atoms with E-state index in [9.17, 15) is 4.79 Å². The Labute approximate surface area is 184 Å². The van der Waals surface area contributed by atoms with Crippen molar-refractivity contribution in [1.82, 2.24) is 19.4 Å². The van der Waals surface area contributed by atoms with Crippen molar-refractivity contribution < 1.29 is 9.53 Å². The molecule has 6 heteroatoms. The lowest BCUT2D eigenvalue weighted by atomic mass is 10.1. The fourth-order valence-corrected chi connectivity index (χ4v) is 4.41. The molecule has 1 atom stereocenters. The maximum atomic E-state index is 13.0. The summed E-state index contributed by atoms with van der Waals surface area (Å²) in [5.41, 5.74) is 3.89. The van der Waals surface area contributed by atoms with Gasteiger partial charge < -0.3 is 14.2 Å². The van der Waals surface area contributed by atoms with Crippen molar-refractivity contribution in [1.29, 1.82) is 0 Å². The molecule has 0 aliphatic carbocycles. The third-order valence-electron chi connectivity index (χ3n) is 6.48. The van der Waals surface area contributed by atoms with Gasteiger partial charge in [0.2, 0.25) is 0 Å². The Morgan fingerprint density at radius 2 is 1.97 bits per heavy atom. The molecule has 0 saturated carbocycles. The molecule has 0 bridgehead atoms. The number of likely N-dealkylation sites (N-methyl/N-ethyl adjacent to an activating group) is 1. The van der Waals surface area contributed by atoms with Crippen molar-refractivity contribution in [2.45, 2.75) is 45.8 Å². The zero-order valence-electron chi connectivity index (χ0n) is 19.1. The minimum Gasteiger partial charge on any atom is -0.497 e. The number of carbonyl (C=O) groups is 1. The number of benzene rings is 2. The minimum absolute atomic E-state index is 0.0958. The van der Waals surface area contributed by atoms with E-state index in [1.807, 2.05) is 61.3 Å². The van der Waals surface area contributed by atoms with E-state index in [2.05, 4.69) is 28.3 Å². The average molecular weight is 421 g/mol. The van der Waals surface area contributed by atoms with E-state index < -0.39 is 0 Å². The number of aryl methyl sites for hydroxylation is 1. The van der Waals surface area contributed by atoms with Gasteiger partial charge in [-0.25, -0.2) is 4.98 Å². The molecule has 1 saturated heterocycles. The molecule has 4 rings (SSSR count). The summed E-state index contributed by atoms with van der Waals surface area (Å²) in [5.74, 6) is 1.86. The summed E-state index contributed by atoms with van der Waals surface area (Å²) in [6.45, 7) is 9.17. The summed E-state index contributed by atoms with van der Waals surface area (Å²) >= 11 is 0. The standard InChI is InChI=1S/C25H32N4O2/c1-17(2)28-13-12-21(16-28)27(4)25(30)20-8-6-19(7-9-20)15-29-18(3)26-23-14-22(31-5)10-11-24(23)29/h6-11,14,17,21H,12-13,15-16H2,1-5H3/t21-/m1/s1. The van der Waals surface area contributed by atoms with Gasteiger partial charge in [0.1, 0.15) is 11.6 Å². The SMILES string of the molecule is COc1ccc2c(c1)nc(C)n2Cc1ccc(C(=O)N(C)[C@@H]2CCN(C(C)C)C2)cc1. The molecular formula is C25H32N4O2. The maximum absolute atomic E-state index is 13.0. The number of likely N-dealkylation sites (tertiary alicyclic amines) is 1. The van der Waals surface area contributed by atoms with Gasteiger partial charge in [0.05, 0.1) is 18.1 Å². The topological polar surface area (TPSA) is 50.6 Å². The molecule has 0 N–H and O–H groups in total. The van der Waals surface area contributed by atoms with Crippen LogP contribution < -0.4 is 4.74 Å². The van der Waals surface area contributed by atoms with Gasteiger partial charge in [0.15, 0.2) is 0 Å². The van der Waals surface area contributed by atoms with Crippen LogP contribution in [0.15, 0.2) is 42.5 Å². The first-order valence-corrected chi connectivity index (χ1v) is 11.0. The van der Waals surface area contributed by atoms with Gasteiger partial charge in [-0.15, -0.1) is 0 Å². The summed E-state index contributed by atoms with van der Waals surface area (Å²) in [4.78, 5) is 22.0.